The van der Waals surface area contributed by atoms with Gasteiger partial charge in [0.15, 0.2) is 0 Å². The van der Waals surface area contributed by atoms with E-state index in [1.165, 1.54) is 28.4 Å². The van der Waals surface area contributed by atoms with Gasteiger partial charge in [-0.1, -0.05) is 6.92 Å². The molecule has 0 radical (unpaired) electrons. The van der Waals surface area contributed by atoms with Crippen LogP contribution >= 0.6 is 11.3 Å². The van der Waals surface area contributed by atoms with Crippen molar-refractivity contribution >= 4 is 11.3 Å². The summed E-state index contributed by atoms with van der Waals surface area (Å²) in [6.07, 6.45) is 4.78. The van der Waals surface area contributed by atoms with Crippen molar-refractivity contribution < 1.29 is 0 Å². The Morgan fingerprint density at radius 3 is 3.00 bits per heavy atom. The third-order valence-electron chi connectivity index (χ3n) is 3.28. The quantitative estimate of drug-likeness (QED) is 0.731. The lowest BCUT2D eigenvalue weighted by molar-refractivity contribution is 0.463. The Hall–Kier alpha value is -1.09. The molecule has 0 N–H and O–H groups in total. The van der Waals surface area contributed by atoms with Crippen LogP contribution in [0.4, 0.5) is 0 Å². The van der Waals surface area contributed by atoms with E-state index in [-0.39, 0.29) is 0 Å². The third kappa shape index (κ3) is 1.59. The number of hydrogen-bond acceptors (Lipinski definition) is 2. The maximum Gasteiger partial charge on any atom is 0.112 e. The molecule has 3 rings (SSSR count). The molecule has 1 atom stereocenters. The van der Waals surface area contributed by atoms with Gasteiger partial charge in [-0.2, -0.15) is 0 Å². The maximum atomic E-state index is 4.79. The third-order valence-corrected chi connectivity index (χ3v) is 4.30. The van der Waals surface area contributed by atoms with E-state index < -0.39 is 0 Å². The van der Waals surface area contributed by atoms with Crippen LogP contribution in [0.3, 0.4) is 0 Å². The SMILES string of the molecule is Cc1ccc(-c2cn3c(n2)C(C)CCC3)s1. The standard InChI is InChI=1S/C13H16N2S/c1-9-4-3-7-15-8-11(14-13(9)15)12-6-5-10(2)16-12/h5-6,8-9H,3-4,7H2,1-2H3. The fourth-order valence-electron chi connectivity index (χ4n) is 2.39. The zero-order valence-corrected chi connectivity index (χ0v) is 10.5. The molecule has 3 heterocycles. The van der Waals surface area contributed by atoms with Crippen LogP contribution in [0.2, 0.25) is 0 Å². The summed E-state index contributed by atoms with van der Waals surface area (Å²) in [7, 11) is 0. The van der Waals surface area contributed by atoms with Crippen LogP contribution in [-0.4, -0.2) is 9.55 Å². The Bertz CT molecular complexity index is 510. The van der Waals surface area contributed by atoms with E-state index in [0.29, 0.717) is 5.92 Å². The molecule has 0 saturated heterocycles. The highest BCUT2D eigenvalue weighted by atomic mass is 32.1. The number of imidazole rings is 1. The molecule has 0 spiro atoms. The first kappa shape index (κ1) is 10.1. The lowest BCUT2D eigenvalue weighted by atomic mass is 10.0. The predicted molar refractivity (Wildman–Crippen MR) is 67.9 cm³/mol. The molecule has 16 heavy (non-hydrogen) atoms. The van der Waals surface area contributed by atoms with E-state index >= 15 is 0 Å². The van der Waals surface area contributed by atoms with Crippen molar-refractivity contribution in [3.63, 3.8) is 0 Å². The summed E-state index contributed by atoms with van der Waals surface area (Å²) >= 11 is 1.83. The highest BCUT2D eigenvalue weighted by molar-refractivity contribution is 7.15. The first-order valence-corrected chi connectivity index (χ1v) is 6.69. The lowest BCUT2D eigenvalue weighted by Crippen LogP contribution is -2.12. The molecule has 1 unspecified atom stereocenters. The fourth-order valence-corrected chi connectivity index (χ4v) is 3.21. The second-order valence-corrected chi connectivity index (χ2v) is 5.92. The van der Waals surface area contributed by atoms with Crippen molar-refractivity contribution in [2.75, 3.05) is 0 Å². The van der Waals surface area contributed by atoms with Crippen molar-refractivity contribution in [2.24, 2.45) is 0 Å². The Balaban J connectivity index is 2.04. The van der Waals surface area contributed by atoms with Crippen molar-refractivity contribution in [3.05, 3.63) is 29.0 Å². The molecule has 1 aliphatic heterocycles. The van der Waals surface area contributed by atoms with E-state index in [1.807, 2.05) is 11.3 Å². The second kappa shape index (κ2) is 3.74. The van der Waals surface area contributed by atoms with Gasteiger partial charge in [0.1, 0.15) is 5.82 Å². The minimum atomic E-state index is 0.614. The van der Waals surface area contributed by atoms with Gasteiger partial charge in [0, 0.05) is 23.5 Å². The van der Waals surface area contributed by atoms with Gasteiger partial charge in [-0.3, -0.25) is 0 Å². The van der Waals surface area contributed by atoms with Crippen LogP contribution in [0.5, 0.6) is 0 Å². The van der Waals surface area contributed by atoms with Crippen LogP contribution in [0.1, 0.15) is 36.4 Å². The molecule has 0 aromatic carbocycles. The summed E-state index contributed by atoms with van der Waals surface area (Å²) < 4.78 is 2.33. The monoisotopic (exact) mass is 232 g/mol. The van der Waals surface area contributed by atoms with Gasteiger partial charge in [0.05, 0.1) is 10.6 Å². The van der Waals surface area contributed by atoms with E-state index in [2.05, 4.69) is 36.7 Å². The zero-order valence-electron chi connectivity index (χ0n) is 9.73. The molecule has 0 fully saturated rings. The van der Waals surface area contributed by atoms with Gasteiger partial charge in [-0.15, -0.1) is 11.3 Å². The molecule has 0 aliphatic carbocycles. The molecular formula is C13H16N2S. The number of fused-ring (bicyclic) bond motifs is 1. The normalized spacial score (nSPS) is 19.8. The lowest BCUT2D eigenvalue weighted by Gasteiger charge is -2.19. The first-order chi connectivity index (χ1) is 7.74. The number of nitrogens with zero attached hydrogens (tertiary/aromatic N) is 2. The van der Waals surface area contributed by atoms with Crippen molar-refractivity contribution in [2.45, 2.75) is 39.2 Å². The number of aromatic nitrogens is 2. The summed E-state index contributed by atoms with van der Waals surface area (Å²) in [5.41, 5.74) is 1.15. The zero-order chi connectivity index (χ0) is 11.1. The molecule has 0 bridgehead atoms. The summed E-state index contributed by atoms with van der Waals surface area (Å²) in [5.74, 6) is 1.89. The van der Waals surface area contributed by atoms with Gasteiger partial charge in [-0.25, -0.2) is 4.98 Å². The Morgan fingerprint density at radius 1 is 1.44 bits per heavy atom. The molecule has 84 valence electrons. The molecule has 0 saturated carbocycles. The summed E-state index contributed by atoms with van der Waals surface area (Å²) in [6, 6.07) is 4.35. The van der Waals surface area contributed by atoms with E-state index in [4.69, 9.17) is 4.98 Å². The number of thiophene rings is 1. The molecule has 0 amide bonds. The summed E-state index contributed by atoms with van der Waals surface area (Å²) in [4.78, 5) is 7.44. The Morgan fingerprint density at radius 2 is 2.31 bits per heavy atom. The average Bonchev–Trinajstić information content (AvgIpc) is 2.84. The molecule has 2 nitrogen and oxygen atoms in total. The Kier molecular flexibility index (Phi) is 2.36. The van der Waals surface area contributed by atoms with Crippen LogP contribution in [0, 0.1) is 6.92 Å². The predicted octanol–water partition coefficient (Wildman–Crippen LogP) is 3.82. The maximum absolute atomic E-state index is 4.79. The van der Waals surface area contributed by atoms with Gasteiger partial charge in [0.25, 0.3) is 0 Å². The molecule has 3 heteroatoms. The Labute approximate surface area is 100.0 Å². The van der Waals surface area contributed by atoms with Gasteiger partial charge < -0.3 is 4.57 Å². The largest absolute Gasteiger partial charge is 0.334 e. The van der Waals surface area contributed by atoms with Crippen molar-refractivity contribution in [1.82, 2.24) is 9.55 Å². The van der Waals surface area contributed by atoms with Gasteiger partial charge in [-0.05, 0) is 31.9 Å². The van der Waals surface area contributed by atoms with E-state index in [1.54, 1.807) is 0 Å². The minimum absolute atomic E-state index is 0.614. The van der Waals surface area contributed by atoms with Gasteiger partial charge in [0.2, 0.25) is 0 Å². The van der Waals surface area contributed by atoms with Crippen LogP contribution < -0.4 is 0 Å². The summed E-state index contributed by atoms with van der Waals surface area (Å²) in [6.45, 7) is 5.56. The number of rotatable bonds is 1. The molecular weight excluding hydrogens is 216 g/mol. The minimum Gasteiger partial charge on any atom is -0.334 e. The molecule has 1 aliphatic rings. The average molecular weight is 232 g/mol. The summed E-state index contributed by atoms with van der Waals surface area (Å²) in [5, 5.41) is 0. The second-order valence-electron chi connectivity index (χ2n) is 4.63. The first-order valence-electron chi connectivity index (χ1n) is 5.88. The number of hydrogen-bond donors (Lipinski definition) is 0. The van der Waals surface area contributed by atoms with Crippen LogP contribution in [0.15, 0.2) is 18.3 Å². The van der Waals surface area contributed by atoms with Crippen molar-refractivity contribution in [3.8, 4) is 10.6 Å². The van der Waals surface area contributed by atoms with Crippen LogP contribution in [-0.2, 0) is 6.54 Å². The smallest absolute Gasteiger partial charge is 0.112 e. The van der Waals surface area contributed by atoms with E-state index in [9.17, 15) is 0 Å². The fraction of sp³-hybridized carbons (Fsp3) is 0.462. The van der Waals surface area contributed by atoms with E-state index in [0.717, 1.165) is 12.2 Å². The number of aryl methyl sites for hydroxylation is 2. The van der Waals surface area contributed by atoms with Crippen LogP contribution in [0.25, 0.3) is 10.6 Å². The van der Waals surface area contributed by atoms with Crippen molar-refractivity contribution in [1.29, 1.82) is 0 Å². The topological polar surface area (TPSA) is 17.8 Å². The van der Waals surface area contributed by atoms with Gasteiger partial charge >= 0.3 is 0 Å². The highest BCUT2D eigenvalue weighted by Crippen LogP contribution is 2.32. The molecule has 2 aromatic heterocycles. The highest BCUT2D eigenvalue weighted by Gasteiger charge is 2.19. The molecule has 2 aromatic rings.